The summed E-state index contributed by atoms with van der Waals surface area (Å²) >= 11 is 0. The number of ether oxygens (including phenoxy) is 3. The number of carbonyl (C=O) groups excluding carboxylic acids is 3. The van der Waals surface area contributed by atoms with Crippen LogP contribution in [0.1, 0.15) is 47.5 Å². The van der Waals surface area contributed by atoms with Crippen molar-refractivity contribution in [3.05, 3.63) is 23.3 Å². The average Bonchev–Trinajstić information content (AvgIpc) is 2.75. The third-order valence-corrected chi connectivity index (χ3v) is 4.77. The fourth-order valence-electron chi connectivity index (χ4n) is 3.51. The van der Waals surface area contributed by atoms with E-state index in [2.05, 4.69) is 0 Å². The predicted molar refractivity (Wildman–Crippen MR) is 90.4 cm³/mol. The lowest BCUT2D eigenvalue weighted by Gasteiger charge is -2.29. The van der Waals surface area contributed by atoms with Crippen LogP contribution in [0.5, 0.6) is 0 Å². The summed E-state index contributed by atoms with van der Waals surface area (Å²) in [5.74, 6) is -1.68. The number of rotatable bonds is 2. The van der Waals surface area contributed by atoms with E-state index in [0.29, 0.717) is 12.8 Å². The fraction of sp³-hybridized carbons (Fsp3) is 0.632. The van der Waals surface area contributed by atoms with Crippen LogP contribution >= 0.6 is 0 Å². The van der Waals surface area contributed by atoms with E-state index in [1.54, 1.807) is 6.92 Å². The lowest BCUT2D eigenvalue weighted by atomic mass is 9.82. The number of hydrogen-bond acceptors (Lipinski definition) is 6. The van der Waals surface area contributed by atoms with Gasteiger partial charge in [0.1, 0.15) is 18.3 Å². The Hall–Kier alpha value is -2.11. The zero-order valence-corrected chi connectivity index (χ0v) is 15.4. The number of esters is 3. The van der Waals surface area contributed by atoms with E-state index in [-0.39, 0.29) is 29.7 Å². The number of hydrogen-bond donors (Lipinski definition) is 0. The Kier molecular flexibility index (Phi) is 6.03. The highest BCUT2D eigenvalue weighted by molar-refractivity contribution is 5.75. The van der Waals surface area contributed by atoms with Crippen molar-refractivity contribution in [2.45, 2.75) is 65.8 Å². The van der Waals surface area contributed by atoms with Crippen LogP contribution in [0.4, 0.5) is 0 Å². The van der Waals surface area contributed by atoms with E-state index in [4.69, 9.17) is 14.2 Å². The summed E-state index contributed by atoms with van der Waals surface area (Å²) < 4.78 is 16.4. The van der Waals surface area contributed by atoms with E-state index in [1.807, 2.05) is 26.0 Å². The lowest BCUT2D eigenvalue weighted by Crippen LogP contribution is -2.35. The van der Waals surface area contributed by atoms with Crippen molar-refractivity contribution in [1.82, 2.24) is 0 Å². The van der Waals surface area contributed by atoms with Gasteiger partial charge in [0.2, 0.25) is 0 Å². The van der Waals surface area contributed by atoms with E-state index >= 15 is 0 Å². The molecule has 1 heterocycles. The Morgan fingerprint density at radius 1 is 1.16 bits per heavy atom. The molecule has 6 nitrogen and oxygen atoms in total. The van der Waals surface area contributed by atoms with Crippen LogP contribution < -0.4 is 0 Å². The minimum Gasteiger partial charge on any atom is -0.462 e. The Morgan fingerprint density at radius 3 is 2.40 bits per heavy atom. The van der Waals surface area contributed by atoms with Crippen molar-refractivity contribution >= 4 is 17.9 Å². The standard InChI is InChI=1S/C19H26O6/c1-10-6-7-15(23-13(4)20)11(2)9-17-18(12(3)19(22)25-17)16(8-10)24-14(5)21/h6,9,12,15-18H,7-8H2,1-5H3/b10-6+,11-9?/t12-,15+,16-,17+,18-/m1/s1. The highest BCUT2D eigenvalue weighted by Crippen LogP contribution is 2.37. The molecule has 1 aliphatic heterocycles. The van der Waals surface area contributed by atoms with Crippen LogP contribution in [0.25, 0.3) is 0 Å². The Bertz CT molecular complexity index is 617. The molecule has 1 fully saturated rings. The second-order valence-electron chi connectivity index (χ2n) is 6.91. The second kappa shape index (κ2) is 7.85. The number of carbonyl (C=O) groups is 3. The molecule has 2 aliphatic rings. The van der Waals surface area contributed by atoms with Gasteiger partial charge in [0, 0.05) is 26.7 Å². The molecule has 0 radical (unpaired) electrons. The highest BCUT2D eigenvalue weighted by Gasteiger charge is 2.47. The second-order valence-corrected chi connectivity index (χ2v) is 6.91. The molecule has 0 spiro atoms. The molecule has 1 aliphatic carbocycles. The van der Waals surface area contributed by atoms with Crippen LogP contribution in [0, 0.1) is 11.8 Å². The Morgan fingerprint density at radius 2 is 1.80 bits per heavy atom. The SMILES string of the molecule is CC(=O)O[C@H]1C/C=C(\C)C[C@@H](OC(C)=O)[C@@H]2[C@H](C=C1C)OC(=O)[C@@H]2C. The maximum absolute atomic E-state index is 12.1. The van der Waals surface area contributed by atoms with Gasteiger partial charge >= 0.3 is 17.9 Å². The third-order valence-electron chi connectivity index (χ3n) is 4.77. The molecule has 0 aromatic carbocycles. The van der Waals surface area contributed by atoms with Gasteiger partial charge in [-0.1, -0.05) is 18.6 Å². The molecule has 0 amide bonds. The molecule has 2 rings (SSSR count). The zero-order chi connectivity index (χ0) is 18.7. The van der Waals surface area contributed by atoms with Gasteiger partial charge < -0.3 is 14.2 Å². The van der Waals surface area contributed by atoms with Gasteiger partial charge in [0.25, 0.3) is 0 Å². The summed E-state index contributed by atoms with van der Waals surface area (Å²) in [6.07, 6.45) is 3.52. The van der Waals surface area contributed by atoms with Gasteiger partial charge in [-0.3, -0.25) is 14.4 Å². The van der Waals surface area contributed by atoms with E-state index in [0.717, 1.165) is 11.1 Å². The van der Waals surface area contributed by atoms with Gasteiger partial charge in [-0.05, 0) is 25.5 Å². The molecular weight excluding hydrogens is 324 g/mol. The van der Waals surface area contributed by atoms with Crippen LogP contribution in [-0.2, 0) is 28.6 Å². The molecule has 1 saturated heterocycles. The highest BCUT2D eigenvalue weighted by atomic mass is 16.6. The van der Waals surface area contributed by atoms with Crippen molar-refractivity contribution in [3.8, 4) is 0 Å². The summed E-state index contributed by atoms with van der Waals surface area (Å²) in [6.45, 7) is 8.33. The van der Waals surface area contributed by atoms with Crippen molar-refractivity contribution in [1.29, 1.82) is 0 Å². The largest absolute Gasteiger partial charge is 0.462 e. The van der Waals surface area contributed by atoms with Crippen LogP contribution in [0.3, 0.4) is 0 Å². The van der Waals surface area contributed by atoms with E-state index in [1.165, 1.54) is 13.8 Å². The van der Waals surface area contributed by atoms with Gasteiger partial charge in [-0.25, -0.2) is 0 Å². The topological polar surface area (TPSA) is 78.9 Å². The molecule has 0 saturated carbocycles. The molecule has 0 bridgehead atoms. The first kappa shape index (κ1) is 19.2. The molecule has 25 heavy (non-hydrogen) atoms. The van der Waals surface area contributed by atoms with Crippen molar-refractivity contribution in [2.75, 3.05) is 0 Å². The molecule has 5 atom stereocenters. The van der Waals surface area contributed by atoms with Gasteiger partial charge in [0.05, 0.1) is 11.8 Å². The van der Waals surface area contributed by atoms with Crippen LogP contribution in [0.2, 0.25) is 0 Å². The molecule has 0 N–H and O–H groups in total. The number of fused-ring (bicyclic) bond motifs is 1. The van der Waals surface area contributed by atoms with Crippen LogP contribution in [-0.4, -0.2) is 36.2 Å². The maximum Gasteiger partial charge on any atom is 0.309 e. The zero-order valence-electron chi connectivity index (χ0n) is 15.4. The maximum atomic E-state index is 12.1. The minimum atomic E-state index is -0.504. The summed E-state index contributed by atoms with van der Waals surface area (Å²) in [4.78, 5) is 35.1. The first-order valence-electron chi connectivity index (χ1n) is 8.58. The van der Waals surface area contributed by atoms with Crippen molar-refractivity contribution in [3.63, 3.8) is 0 Å². The monoisotopic (exact) mass is 350 g/mol. The van der Waals surface area contributed by atoms with Gasteiger partial charge in [-0.2, -0.15) is 0 Å². The Balaban J connectivity index is 2.41. The third kappa shape index (κ3) is 4.71. The van der Waals surface area contributed by atoms with E-state index < -0.39 is 18.3 Å². The normalized spacial score (nSPS) is 34.8. The minimum absolute atomic E-state index is 0.272. The predicted octanol–water partition coefficient (Wildman–Crippen LogP) is 2.71. The molecular formula is C19H26O6. The summed E-state index contributed by atoms with van der Waals surface area (Å²) in [5.41, 5.74) is 1.84. The van der Waals surface area contributed by atoms with E-state index in [9.17, 15) is 14.4 Å². The van der Waals surface area contributed by atoms with Crippen molar-refractivity contribution in [2.24, 2.45) is 11.8 Å². The van der Waals surface area contributed by atoms with Gasteiger partial charge in [0.15, 0.2) is 0 Å². The molecule has 138 valence electrons. The van der Waals surface area contributed by atoms with Gasteiger partial charge in [-0.15, -0.1) is 0 Å². The summed E-state index contributed by atoms with van der Waals surface area (Å²) in [6, 6.07) is 0. The molecule has 0 aromatic heterocycles. The summed E-state index contributed by atoms with van der Waals surface area (Å²) in [5, 5.41) is 0. The Labute approximate surface area is 148 Å². The molecule has 0 aromatic rings. The van der Waals surface area contributed by atoms with Crippen molar-refractivity contribution < 1.29 is 28.6 Å². The molecule has 6 heteroatoms. The first-order chi connectivity index (χ1) is 11.7. The fourth-order valence-corrected chi connectivity index (χ4v) is 3.51. The lowest BCUT2D eigenvalue weighted by molar-refractivity contribution is -0.150. The molecule has 0 unspecified atom stereocenters. The quantitative estimate of drug-likeness (QED) is 0.433. The smallest absolute Gasteiger partial charge is 0.309 e. The summed E-state index contributed by atoms with van der Waals surface area (Å²) in [7, 11) is 0. The van der Waals surface area contributed by atoms with Crippen LogP contribution in [0.15, 0.2) is 23.3 Å². The average molecular weight is 350 g/mol. The first-order valence-corrected chi connectivity index (χ1v) is 8.58.